The Morgan fingerprint density at radius 2 is 1.88 bits per heavy atom. The Kier molecular flexibility index (Phi) is 3.74. The van der Waals surface area contributed by atoms with Crippen LogP contribution >= 0.6 is 0 Å². The van der Waals surface area contributed by atoms with Gasteiger partial charge in [-0.25, -0.2) is 8.78 Å². The van der Waals surface area contributed by atoms with Gasteiger partial charge in [0.05, 0.1) is 12.2 Å². The Labute approximate surface area is 100 Å². The fourth-order valence-corrected chi connectivity index (χ4v) is 2.30. The third kappa shape index (κ3) is 3.23. The van der Waals surface area contributed by atoms with Crippen LogP contribution in [0.25, 0.3) is 0 Å². The van der Waals surface area contributed by atoms with Crippen LogP contribution in [0.1, 0.15) is 19.4 Å². The summed E-state index contributed by atoms with van der Waals surface area (Å²) < 4.78 is 31.9. The van der Waals surface area contributed by atoms with Crippen LogP contribution in [0, 0.1) is 11.6 Å². The molecule has 0 amide bonds. The predicted octanol–water partition coefficient (Wildman–Crippen LogP) is 2.57. The van der Waals surface area contributed by atoms with Crippen LogP contribution in [0.2, 0.25) is 0 Å². The van der Waals surface area contributed by atoms with Crippen LogP contribution in [0.5, 0.6) is 0 Å². The molecule has 0 aliphatic carbocycles. The Morgan fingerprint density at radius 1 is 1.24 bits per heavy atom. The summed E-state index contributed by atoms with van der Waals surface area (Å²) in [5, 5.41) is 0. The van der Waals surface area contributed by atoms with Gasteiger partial charge < -0.3 is 4.74 Å². The van der Waals surface area contributed by atoms with Gasteiger partial charge in [-0.05, 0) is 19.9 Å². The first kappa shape index (κ1) is 12.5. The molecule has 1 aliphatic heterocycles. The minimum atomic E-state index is -0.532. The maximum absolute atomic E-state index is 13.5. The first-order valence-corrected chi connectivity index (χ1v) is 5.86. The van der Waals surface area contributed by atoms with Crippen LogP contribution in [0.4, 0.5) is 8.78 Å². The molecule has 0 aromatic heterocycles. The fourth-order valence-electron chi connectivity index (χ4n) is 2.30. The Hall–Kier alpha value is -1.00. The lowest BCUT2D eigenvalue weighted by Gasteiger charge is -2.35. The molecule has 1 saturated heterocycles. The third-order valence-corrected chi connectivity index (χ3v) is 2.90. The van der Waals surface area contributed by atoms with Gasteiger partial charge in [-0.3, -0.25) is 4.90 Å². The normalized spacial score (nSPS) is 26.1. The lowest BCUT2D eigenvalue weighted by molar-refractivity contribution is -0.0707. The fraction of sp³-hybridized carbons (Fsp3) is 0.538. The number of morpholine rings is 1. The van der Waals surface area contributed by atoms with Crippen LogP contribution in [0.15, 0.2) is 18.2 Å². The van der Waals surface area contributed by atoms with Crippen LogP contribution < -0.4 is 0 Å². The largest absolute Gasteiger partial charge is 0.373 e. The quantitative estimate of drug-likeness (QED) is 0.789. The van der Waals surface area contributed by atoms with E-state index in [4.69, 9.17) is 4.74 Å². The lowest BCUT2D eigenvalue weighted by Crippen LogP contribution is -2.44. The minimum absolute atomic E-state index is 0.155. The molecule has 0 bridgehead atoms. The molecule has 94 valence electrons. The summed E-state index contributed by atoms with van der Waals surface area (Å²) in [4.78, 5) is 2.13. The lowest BCUT2D eigenvalue weighted by atomic mass is 10.1. The van der Waals surface area contributed by atoms with Crippen molar-refractivity contribution in [1.82, 2.24) is 4.90 Å². The molecule has 1 aliphatic rings. The number of rotatable bonds is 2. The zero-order valence-electron chi connectivity index (χ0n) is 10.1. The van der Waals surface area contributed by atoms with E-state index in [1.807, 2.05) is 13.8 Å². The predicted molar refractivity (Wildman–Crippen MR) is 61.6 cm³/mol. The Balaban J connectivity index is 2.04. The highest BCUT2D eigenvalue weighted by Crippen LogP contribution is 2.16. The molecule has 1 fully saturated rings. The molecular weight excluding hydrogens is 224 g/mol. The van der Waals surface area contributed by atoms with Crippen LogP contribution in [0.3, 0.4) is 0 Å². The monoisotopic (exact) mass is 241 g/mol. The zero-order valence-corrected chi connectivity index (χ0v) is 10.1. The Morgan fingerprint density at radius 3 is 2.47 bits per heavy atom. The van der Waals surface area contributed by atoms with E-state index in [1.54, 1.807) is 0 Å². The SMILES string of the molecule is CC1CN(Cc2ccc(F)cc2F)CC(C)O1. The first-order chi connectivity index (χ1) is 8.04. The third-order valence-electron chi connectivity index (χ3n) is 2.90. The number of nitrogens with zero attached hydrogens (tertiary/aromatic N) is 1. The first-order valence-electron chi connectivity index (χ1n) is 5.86. The summed E-state index contributed by atoms with van der Waals surface area (Å²) in [6, 6.07) is 3.74. The van der Waals surface area contributed by atoms with Crippen molar-refractivity contribution in [3.8, 4) is 0 Å². The van der Waals surface area contributed by atoms with Crippen molar-refractivity contribution in [2.24, 2.45) is 0 Å². The summed E-state index contributed by atoms with van der Waals surface area (Å²) >= 11 is 0. The molecule has 2 unspecified atom stereocenters. The van der Waals surface area contributed by atoms with Gasteiger partial charge in [0.15, 0.2) is 0 Å². The van der Waals surface area contributed by atoms with E-state index in [9.17, 15) is 8.78 Å². The van der Waals surface area contributed by atoms with Crippen molar-refractivity contribution in [1.29, 1.82) is 0 Å². The van der Waals surface area contributed by atoms with Gasteiger partial charge in [0.2, 0.25) is 0 Å². The number of halogens is 2. The smallest absolute Gasteiger partial charge is 0.130 e. The van der Waals surface area contributed by atoms with Crippen molar-refractivity contribution in [3.63, 3.8) is 0 Å². The molecule has 2 nitrogen and oxygen atoms in total. The average Bonchev–Trinajstić information content (AvgIpc) is 2.21. The number of benzene rings is 1. The van der Waals surface area contributed by atoms with E-state index in [0.717, 1.165) is 19.2 Å². The van der Waals surface area contributed by atoms with Crippen molar-refractivity contribution < 1.29 is 13.5 Å². The Bertz CT molecular complexity index is 387. The van der Waals surface area contributed by atoms with Crippen molar-refractivity contribution in [2.75, 3.05) is 13.1 Å². The van der Waals surface area contributed by atoms with Crippen LogP contribution in [-0.4, -0.2) is 30.2 Å². The molecule has 0 saturated carbocycles. The van der Waals surface area contributed by atoms with Gasteiger partial charge in [-0.15, -0.1) is 0 Å². The second kappa shape index (κ2) is 5.10. The molecule has 0 radical (unpaired) electrons. The maximum atomic E-state index is 13.5. The van der Waals surface area contributed by atoms with Gasteiger partial charge >= 0.3 is 0 Å². The van der Waals surface area contributed by atoms with Gasteiger partial charge in [-0.1, -0.05) is 6.07 Å². The van der Waals surface area contributed by atoms with E-state index < -0.39 is 11.6 Å². The van der Waals surface area contributed by atoms with Crippen molar-refractivity contribution in [3.05, 3.63) is 35.4 Å². The maximum Gasteiger partial charge on any atom is 0.130 e. The standard InChI is InChI=1S/C13H17F2NO/c1-9-6-16(7-10(2)17-9)8-11-3-4-12(14)5-13(11)15/h3-5,9-10H,6-8H2,1-2H3. The summed E-state index contributed by atoms with van der Waals surface area (Å²) in [7, 11) is 0. The second-order valence-corrected chi connectivity index (χ2v) is 4.69. The minimum Gasteiger partial charge on any atom is -0.373 e. The average molecular weight is 241 g/mol. The van der Waals surface area contributed by atoms with E-state index >= 15 is 0 Å². The summed E-state index contributed by atoms with van der Waals surface area (Å²) in [6.07, 6.45) is 0.310. The summed E-state index contributed by atoms with van der Waals surface area (Å²) in [6.45, 7) is 6.07. The molecule has 1 aromatic rings. The van der Waals surface area contributed by atoms with Gasteiger partial charge in [0, 0.05) is 31.3 Å². The van der Waals surface area contributed by atoms with Gasteiger partial charge in [0.1, 0.15) is 11.6 Å². The van der Waals surface area contributed by atoms with Crippen LogP contribution in [-0.2, 0) is 11.3 Å². The summed E-state index contributed by atoms with van der Waals surface area (Å²) in [5.41, 5.74) is 0.535. The number of hydrogen-bond acceptors (Lipinski definition) is 2. The number of hydrogen-bond donors (Lipinski definition) is 0. The molecule has 1 heterocycles. The molecule has 1 aromatic carbocycles. The second-order valence-electron chi connectivity index (χ2n) is 4.69. The van der Waals surface area contributed by atoms with Crippen molar-refractivity contribution in [2.45, 2.75) is 32.6 Å². The van der Waals surface area contributed by atoms with E-state index in [2.05, 4.69) is 4.90 Å². The molecular formula is C13H17F2NO. The summed E-state index contributed by atoms with van der Waals surface area (Å²) in [5.74, 6) is -1.01. The highest BCUT2D eigenvalue weighted by Gasteiger charge is 2.22. The van der Waals surface area contributed by atoms with E-state index in [-0.39, 0.29) is 12.2 Å². The molecule has 2 atom stereocenters. The highest BCUT2D eigenvalue weighted by molar-refractivity contribution is 5.18. The number of ether oxygens (including phenoxy) is 1. The molecule has 2 rings (SSSR count). The van der Waals surface area contributed by atoms with Gasteiger partial charge in [-0.2, -0.15) is 0 Å². The topological polar surface area (TPSA) is 12.5 Å². The molecule has 4 heteroatoms. The van der Waals surface area contributed by atoms with Crippen molar-refractivity contribution >= 4 is 0 Å². The van der Waals surface area contributed by atoms with E-state index in [0.29, 0.717) is 12.1 Å². The molecule has 17 heavy (non-hydrogen) atoms. The highest BCUT2D eigenvalue weighted by atomic mass is 19.1. The molecule has 0 spiro atoms. The zero-order chi connectivity index (χ0) is 12.4. The molecule has 0 N–H and O–H groups in total. The van der Waals surface area contributed by atoms with Gasteiger partial charge in [0.25, 0.3) is 0 Å². The van der Waals surface area contributed by atoms with E-state index in [1.165, 1.54) is 12.1 Å².